The first kappa shape index (κ1) is 20.2. The van der Waals surface area contributed by atoms with Crippen molar-refractivity contribution in [1.82, 2.24) is 9.21 Å². The van der Waals surface area contributed by atoms with E-state index in [4.69, 9.17) is 4.42 Å². The molecule has 1 amide bonds. The van der Waals surface area contributed by atoms with Crippen LogP contribution in [0.1, 0.15) is 11.3 Å². The van der Waals surface area contributed by atoms with Crippen molar-refractivity contribution in [3.63, 3.8) is 0 Å². The molecule has 6 nitrogen and oxygen atoms in total. The van der Waals surface area contributed by atoms with Gasteiger partial charge in [-0.15, -0.1) is 0 Å². The van der Waals surface area contributed by atoms with E-state index in [1.807, 2.05) is 0 Å². The Bertz CT molecular complexity index is 961. The van der Waals surface area contributed by atoms with Gasteiger partial charge >= 0.3 is 6.18 Å². The van der Waals surface area contributed by atoms with Crippen molar-refractivity contribution in [3.8, 4) is 0 Å². The first-order valence-electron chi connectivity index (χ1n) is 8.36. The summed E-state index contributed by atoms with van der Waals surface area (Å²) in [7, 11) is -4.08. The SMILES string of the molecule is O=C(/C=C/c1ccco1)N1CCN(S(=O)(=O)c2cccc(C(F)(F)F)c2)CC1. The molecule has 1 fully saturated rings. The zero-order valence-corrected chi connectivity index (χ0v) is 15.4. The normalized spacial score (nSPS) is 16.6. The topological polar surface area (TPSA) is 70.8 Å². The smallest absolute Gasteiger partial charge is 0.416 e. The van der Waals surface area contributed by atoms with Crippen LogP contribution in [-0.4, -0.2) is 49.7 Å². The summed E-state index contributed by atoms with van der Waals surface area (Å²) in [6.07, 6.45) is -0.317. The van der Waals surface area contributed by atoms with Gasteiger partial charge in [-0.2, -0.15) is 17.5 Å². The number of carbonyl (C=O) groups excluding carboxylic acids is 1. The van der Waals surface area contributed by atoms with Crippen molar-refractivity contribution in [1.29, 1.82) is 0 Å². The summed E-state index contributed by atoms with van der Waals surface area (Å²) in [5.74, 6) is 0.214. The van der Waals surface area contributed by atoms with Crippen LogP contribution in [0.2, 0.25) is 0 Å². The number of sulfonamides is 1. The lowest BCUT2D eigenvalue weighted by atomic mass is 10.2. The largest absolute Gasteiger partial charge is 0.465 e. The number of alkyl halides is 3. The molecule has 0 aliphatic carbocycles. The lowest BCUT2D eigenvalue weighted by molar-refractivity contribution is -0.137. The molecule has 2 heterocycles. The Labute approximate surface area is 159 Å². The zero-order valence-electron chi connectivity index (χ0n) is 14.6. The number of hydrogen-bond acceptors (Lipinski definition) is 4. The van der Waals surface area contributed by atoms with Gasteiger partial charge < -0.3 is 9.32 Å². The molecular weight excluding hydrogens is 397 g/mol. The second kappa shape index (κ2) is 7.80. The molecule has 1 saturated heterocycles. The van der Waals surface area contributed by atoms with Crippen LogP contribution in [0.4, 0.5) is 13.2 Å². The zero-order chi connectivity index (χ0) is 20.4. The Morgan fingerprint density at radius 2 is 1.79 bits per heavy atom. The maximum Gasteiger partial charge on any atom is 0.416 e. The average Bonchev–Trinajstić information content (AvgIpc) is 3.19. The van der Waals surface area contributed by atoms with Crippen molar-refractivity contribution in [3.05, 3.63) is 60.1 Å². The fraction of sp³-hybridized carbons (Fsp3) is 0.278. The van der Waals surface area contributed by atoms with Crippen LogP contribution in [0.3, 0.4) is 0 Å². The van der Waals surface area contributed by atoms with Crippen LogP contribution in [0.25, 0.3) is 6.08 Å². The highest BCUT2D eigenvalue weighted by atomic mass is 32.2. The molecule has 2 aromatic rings. The molecule has 0 atom stereocenters. The van der Waals surface area contributed by atoms with Crippen LogP contribution in [0.5, 0.6) is 0 Å². The maximum atomic E-state index is 12.8. The van der Waals surface area contributed by atoms with Gasteiger partial charge in [-0.05, 0) is 36.4 Å². The molecule has 150 valence electrons. The first-order valence-corrected chi connectivity index (χ1v) is 9.80. The number of carbonyl (C=O) groups is 1. The molecule has 0 bridgehead atoms. The molecule has 1 aliphatic rings. The van der Waals surface area contributed by atoms with Gasteiger partial charge in [0.25, 0.3) is 0 Å². The van der Waals surface area contributed by atoms with Gasteiger partial charge in [-0.25, -0.2) is 8.42 Å². The standard InChI is InChI=1S/C18H17F3N2O4S/c19-18(20,21)14-3-1-5-16(13-14)28(25,26)23-10-8-22(9-11-23)17(24)7-6-15-4-2-12-27-15/h1-7,12-13H,8-11H2/b7-6+. The van der Waals surface area contributed by atoms with Gasteiger partial charge in [-0.3, -0.25) is 4.79 Å². The highest BCUT2D eigenvalue weighted by Crippen LogP contribution is 2.31. The van der Waals surface area contributed by atoms with Gasteiger partial charge in [0.15, 0.2) is 0 Å². The number of halogens is 3. The minimum absolute atomic E-state index is 0.00108. The first-order chi connectivity index (χ1) is 13.2. The minimum atomic E-state index is -4.63. The van der Waals surface area contributed by atoms with E-state index in [2.05, 4.69) is 0 Å². The molecule has 28 heavy (non-hydrogen) atoms. The van der Waals surface area contributed by atoms with Gasteiger partial charge in [0, 0.05) is 32.3 Å². The number of piperazine rings is 1. The maximum absolute atomic E-state index is 12.8. The van der Waals surface area contributed by atoms with Crippen molar-refractivity contribution in [2.75, 3.05) is 26.2 Å². The summed E-state index contributed by atoms with van der Waals surface area (Å²) < 4.78 is 70.0. The third kappa shape index (κ3) is 4.45. The van der Waals surface area contributed by atoms with Gasteiger partial charge in [0.2, 0.25) is 15.9 Å². The minimum Gasteiger partial charge on any atom is -0.465 e. The van der Waals surface area contributed by atoms with Crippen molar-refractivity contribution < 1.29 is 30.8 Å². The summed E-state index contributed by atoms with van der Waals surface area (Å²) in [6, 6.07) is 7.01. The fourth-order valence-electron chi connectivity index (χ4n) is 2.78. The van der Waals surface area contributed by atoms with Crippen molar-refractivity contribution >= 4 is 22.0 Å². The highest BCUT2D eigenvalue weighted by Gasteiger charge is 2.34. The van der Waals surface area contributed by atoms with Crippen molar-refractivity contribution in [2.45, 2.75) is 11.1 Å². The fourth-order valence-corrected chi connectivity index (χ4v) is 4.24. The Balaban J connectivity index is 1.66. The van der Waals surface area contributed by atoms with E-state index in [1.54, 1.807) is 12.1 Å². The third-order valence-electron chi connectivity index (χ3n) is 4.28. The van der Waals surface area contributed by atoms with Crippen LogP contribution in [0, 0.1) is 0 Å². The molecule has 0 radical (unpaired) electrons. The Morgan fingerprint density at radius 3 is 2.39 bits per heavy atom. The van der Waals surface area contributed by atoms with E-state index >= 15 is 0 Å². The summed E-state index contributed by atoms with van der Waals surface area (Å²) in [6.45, 7) is 0.275. The number of rotatable bonds is 4. The molecule has 0 unspecified atom stereocenters. The van der Waals surface area contributed by atoms with E-state index in [0.717, 1.165) is 22.5 Å². The predicted octanol–water partition coefficient (Wildman–Crippen LogP) is 2.84. The molecule has 0 spiro atoms. The molecule has 10 heteroatoms. The van der Waals surface area contributed by atoms with E-state index < -0.39 is 26.7 Å². The molecule has 1 aromatic carbocycles. The number of benzene rings is 1. The average molecular weight is 414 g/mol. The van der Waals surface area contributed by atoms with E-state index in [9.17, 15) is 26.4 Å². The molecule has 0 N–H and O–H groups in total. The molecule has 0 saturated carbocycles. The summed E-state index contributed by atoms with van der Waals surface area (Å²) >= 11 is 0. The second-order valence-electron chi connectivity index (χ2n) is 6.10. The predicted molar refractivity (Wildman–Crippen MR) is 94.5 cm³/mol. The summed E-state index contributed by atoms with van der Waals surface area (Å²) in [4.78, 5) is 13.2. The van der Waals surface area contributed by atoms with E-state index in [-0.39, 0.29) is 32.1 Å². The number of amides is 1. The van der Waals surface area contributed by atoms with E-state index in [1.165, 1.54) is 23.3 Å². The van der Waals surface area contributed by atoms with Crippen LogP contribution in [-0.2, 0) is 21.0 Å². The summed E-state index contributed by atoms with van der Waals surface area (Å²) in [5.41, 5.74) is -1.02. The summed E-state index contributed by atoms with van der Waals surface area (Å²) in [5, 5.41) is 0. The van der Waals surface area contributed by atoms with Crippen molar-refractivity contribution in [2.24, 2.45) is 0 Å². The lowest BCUT2D eigenvalue weighted by Crippen LogP contribution is -2.50. The quantitative estimate of drug-likeness (QED) is 0.722. The number of furan rings is 1. The Morgan fingerprint density at radius 1 is 1.07 bits per heavy atom. The Kier molecular flexibility index (Phi) is 5.61. The van der Waals surface area contributed by atoms with Crippen LogP contribution < -0.4 is 0 Å². The van der Waals surface area contributed by atoms with Gasteiger partial charge in [0.05, 0.1) is 16.7 Å². The monoisotopic (exact) mass is 414 g/mol. The van der Waals surface area contributed by atoms with Gasteiger partial charge in [-0.1, -0.05) is 6.07 Å². The number of hydrogen-bond donors (Lipinski definition) is 0. The number of nitrogens with zero attached hydrogens (tertiary/aromatic N) is 2. The lowest BCUT2D eigenvalue weighted by Gasteiger charge is -2.33. The second-order valence-corrected chi connectivity index (χ2v) is 8.04. The molecule has 1 aromatic heterocycles. The van der Waals surface area contributed by atoms with Gasteiger partial charge in [0.1, 0.15) is 5.76 Å². The molecular formula is C18H17F3N2O4S. The van der Waals surface area contributed by atoms with E-state index in [0.29, 0.717) is 11.8 Å². The molecule has 3 rings (SSSR count). The Hall–Kier alpha value is -2.59. The third-order valence-corrected chi connectivity index (χ3v) is 6.18. The highest BCUT2D eigenvalue weighted by molar-refractivity contribution is 7.89. The van der Waals surface area contributed by atoms with Crippen LogP contribution in [0.15, 0.2) is 58.1 Å². The molecule has 1 aliphatic heterocycles. The van der Waals surface area contributed by atoms with Crippen LogP contribution >= 0.6 is 0 Å².